The summed E-state index contributed by atoms with van der Waals surface area (Å²) in [7, 11) is -3.17. The minimum atomic E-state index is -3.17. The molecule has 2 aromatic rings. The van der Waals surface area contributed by atoms with Crippen LogP contribution >= 0.6 is 0 Å². The maximum Gasteiger partial charge on any atom is 0.317 e. The van der Waals surface area contributed by atoms with Gasteiger partial charge in [0.2, 0.25) is 0 Å². The van der Waals surface area contributed by atoms with Gasteiger partial charge in [0.05, 0.1) is 23.7 Å². The molecular formula is C16H24N6O3S. The van der Waals surface area contributed by atoms with Crippen molar-refractivity contribution in [1.82, 2.24) is 29.8 Å². The van der Waals surface area contributed by atoms with E-state index in [4.69, 9.17) is 0 Å². The fourth-order valence-electron chi connectivity index (χ4n) is 3.02. The van der Waals surface area contributed by atoms with E-state index in [1.54, 1.807) is 22.0 Å². The van der Waals surface area contributed by atoms with Gasteiger partial charge in [-0.05, 0) is 19.4 Å². The Morgan fingerprint density at radius 1 is 1.35 bits per heavy atom. The molecule has 1 aliphatic rings. The van der Waals surface area contributed by atoms with Crippen molar-refractivity contribution < 1.29 is 13.2 Å². The normalized spacial score (nSPS) is 19.4. The summed E-state index contributed by atoms with van der Waals surface area (Å²) in [5.74, 6) is -0.0742. The summed E-state index contributed by atoms with van der Waals surface area (Å²) in [5, 5.41) is 11.2. The minimum absolute atomic E-state index is 0.00782. The van der Waals surface area contributed by atoms with Crippen LogP contribution in [0.15, 0.2) is 30.9 Å². The number of carbonyl (C=O) groups is 1. The summed E-state index contributed by atoms with van der Waals surface area (Å²) in [6.45, 7) is 4.06. The topological polar surface area (TPSA) is 102 Å². The highest BCUT2D eigenvalue weighted by Gasteiger charge is 2.35. The summed E-state index contributed by atoms with van der Waals surface area (Å²) in [5.41, 5.74) is 0.752. The van der Waals surface area contributed by atoms with Crippen molar-refractivity contribution >= 4 is 15.9 Å². The molecule has 2 aromatic heterocycles. The van der Waals surface area contributed by atoms with Crippen molar-refractivity contribution in [3.05, 3.63) is 36.4 Å². The van der Waals surface area contributed by atoms with Crippen LogP contribution in [-0.2, 0) is 22.9 Å². The highest BCUT2D eigenvalue weighted by molar-refractivity contribution is 7.91. The van der Waals surface area contributed by atoms with Crippen LogP contribution in [0.2, 0.25) is 0 Å². The monoisotopic (exact) mass is 380 g/mol. The molecule has 2 amide bonds. The predicted octanol–water partition coefficient (Wildman–Crippen LogP) is 0.671. The number of aryl methyl sites for hydroxylation is 2. The van der Waals surface area contributed by atoms with Crippen LogP contribution in [-0.4, -0.2) is 63.5 Å². The largest absolute Gasteiger partial charge is 0.338 e. The molecule has 0 unspecified atom stereocenters. The average Bonchev–Trinajstić information content (AvgIpc) is 3.29. The number of aromatic nitrogens is 4. The fourth-order valence-corrected chi connectivity index (χ4v) is 4.52. The zero-order valence-electron chi connectivity index (χ0n) is 14.8. The smallest absolute Gasteiger partial charge is 0.317 e. The minimum Gasteiger partial charge on any atom is -0.338 e. The Labute approximate surface area is 152 Å². The maximum atomic E-state index is 12.6. The summed E-state index contributed by atoms with van der Waals surface area (Å²) < 4.78 is 27.7. The number of hydrogen-bond acceptors (Lipinski definition) is 5. The first-order chi connectivity index (χ1) is 12.5. The van der Waals surface area contributed by atoms with E-state index in [1.165, 1.54) is 0 Å². The number of hydrogen-bond donors (Lipinski definition) is 1. The number of amides is 2. The van der Waals surface area contributed by atoms with E-state index in [2.05, 4.69) is 15.5 Å². The number of nitrogens with zero attached hydrogens (tertiary/aromatic N) is 5. The standard InChI is InChI=1S/C16H24N6O3S/c1-2-20-12-14(11-19-20)15-13-26(24,25)10-9-22(15)16(23)17-5-3-7-21-8-4-6-18-21/h4,6,8,11-12,15H,2-3,5,7,9-10,13H2,1H3,(H,17,23)/t15-/m0/s1. The molecule has 3 heterocycles. The first-order valence-corrected chi connectivity index (χ1v) is 10.6. The Balaban J connectivity index is 1.62. The first kappa shape index (κ1) is 18.4. The molecule has 0 bridgehead atoms. The van der Waals surface area contributed by atoms with Crippen molar-refractivity contribution in [3.8, 4) is 0 Å². The summed E-state index contributed by atoms with van der Waals surface area (Å²) in [4.78, 5) is 14.2. The van der Waals surface area contributed by atoms with Gasteiger partial charge in [-0.15, -0.1) is 0 Å². The first-order valence-electron chi connectivity index (χ1n) is 8.73. The molecule has 1 saturated heterocycles. The van der Waals surface area contributed by atoms with Gasteiger partial charge < -0.3 is 10.2 Å². The van der Waals surface area contributed by atoms with Gasteiger partial charge in [-0.2, -0.15) is 10.2 Å². The lowest BCUT2D eigenvalue weighted by molar-refractivity contribution is 0.180. The van der Waals surface area contributed by atoms with Crippen LogP contribution in [0.3, 0.4) is 0 Å². The van der Waals surface area contributed by atoms with Crippen LogP contribution in [0, 0.1) is 0 Å². The van der Waals surface area contributed by atoms with E-state index in [9.17, 15) is 13.2 Å². The highest BCUT2D eigenvalue weighted by atomic mass is 32.2. The van der Waals surface area contributed by atoms with Gasteiger partial charge in [0.15, 0.2) is 9.84 Å². The fraction of sp³-hybridized carbons (Fsp3) is 0.562. The number of rotatable bonds is 6. The van der Waals surface area contributed by atoms with E-state index in [-0.39, 0.29) is 24.1 Å². The third-order valence-corrected chi connectivity index (χ3v) is 6.08. The van der Waals surface area contributed by atoms with Crippen LogP contribution in [0.1, 0.15) is 24.9 Å². The van der Waals surface area contributed by atoms with Crippen molar-refractivity contribution in [2.45, 2.75) is 32.5 Å². The van der Waals surface area contributed by atoms with E-state index in [1.807, 2.05) is 30.1 Å². The molecule has 10 heteroatoms. The zero-order chi connectivity index (χ0) is 18.6. The van der Waals surface area contributed by atoms with Crippen LogP contribution < -0.4 is 5.32 Å². The summed E-state index contributed by atoms with van der Waals surface area (Å²) in [6.07, 6.45) is 7.79. The van der Waals surface area contributed by atoms with Crippen molar-refractivity contribution in [3.63, 3.8) is 0 Å². The number of nitrogens with one attached hydrogen (secondary N) is 1. The van der Waals surface area contributed by atoms with Gasteiger partial charge >= 0.3 is 6.03 Å². The number of carbonyl (C=O) groups excluding carboxylic acids is 1. The molecule has 1 N–H and O–H groups in total. The van der Waals surface area contributed by atoms with Gasteiger partial charge in [-0.3, -0.25) is 9.36 Å². The van der Waals surface area contributed by atoms with Gasteiger partial charge in [-0.1, -0.05) is 0 Å². The molecule has 1 fully saturated rings. The molecule has 9 nitrogen and oxygen atoms in total. The Kier molecular flexibility index (Phi) is 5.60. The number of urea groups is 1. The van der Waals surface area contributed by atoms with Crippen LogP contribution in [0.25, 0.3) is 0 Å². The maximum absolute atomic E-state index is 12.6. The zero-order valence-corrected chi connectivity index (χ0v) is 15.6. The lowest BCUT2D eigenvalue weighted by Gasteiger charge is -2.35. The Morgan fingerprint density at radius 2 is 2.19 bits per heavy atom. The molecule has 1 aliphatic heterocycles. The Morgan fingerprint density at radius 3 is 2.88 bits per heavy atom. The molecule has 0 saturated carbocycles. The molecular weight excluding hydrogens is 356 g/mol. The third kappa shape index (κ3) is 4.43. The van der Waals surface area contributed by atoms with Gasteiger partial charge in [-0.25, -0.2) is 13.2 Å². The van der Waals surface area contributed by atoms with Crippen molar-refractivity contribution in [2.24, 2.45) is 0 Å². The number of sulfone groups is 1. The van der Waals surface area contributed by atoms with Gasteiger partial charge in [0.1, 0.15) is 0 Å². The van der Waals surface area contributed by atoms with Crippen molar-refractivity contribution in [1.29, 1.82) is 0 Å². The van der Waals surface area contributed by atoms with Gasteiger partial charge in [0, 0.05) is 50.3 Å². The predicted molar refractivity (Wildman–Crippen MR) is 96.2 cm³/mol. The van der Waals surface area contributed by atoms with Crippen molar-refractivity contribution in [2.75, 3.05) is 24.6 Å². The molecule has 142 valence electrons. The van der Waals surface area contributed by atoms with E-state index in [0.717, 1.165) is 12.0 Å². The average molecular weight is 380 g/mol. The van der Waals surface area contributed by atoms with E-state index >= 15 is 0 Å². The second-order valence-electron chi connectivity index (χ2n) is 6.31. The lowest BCUT2D eigenvalue weighted by Crippen LogP contribution is -2.50. The molecule has 1 atom stereocenters. The Bertz CT molecular complexity index is 830. The van der Waals surface area contributed by atoms with Crippen LogP contribution in [0.5, 0.6) is 0 Å². The molecule has 3 rings (SSSR count). The van der Waals surface area contributed by atoms with Gasteiger partial charge in [0.25, 0.3) is 0 Å². The van der Waals surface area contributed by atoms with Crippen LogP contribution in [0.4, 0.5) is 4.79 Å². The SMILES string of the molecule is CCn1cc([C@@H]2CS(=O)(=O)CCN2C(=O)NCCCn2cccn2)cn1. The molecule has 0 spiro atoms. The second-order valence-corrected chi connectivity index (χ2v) is 8.54. The summed E-state index contributed by atoms with van der Waals surface area (Å²) in [6, 6.07) is 1.11. The van der Waals surface area contributed by atoms with E-state index in [0.29, 0.717) is 19.6 Å². The molecule has 26 heavy (non-hydrogen) atoms. The third-order valence-electron chi connectivity index (χ3n) is 4.45. The highest BCUT2D eigenvalue weighted by Crippen LogP contribution is 2.26. The molecule has 0 aromatic carbocycles. The Hall–Kier alpha value is -2.36. The summed E-state index contributed by atoms with van der Waals surface area (Å²) >= 11 is 0. The van der Waals surface area contributed by atoms with E-state index < -0.39 is 15.9 Å². The second kappa shape index (κ2) is 7.90. The quantitative estimate of drug-likeness (QED) is 0.742. The molecule has 0 radical (unpaired) electrons. The molecule has 0 aliphatic carbocycles. The lowest BCUT2D eigenvalue weighted by atomic mass is 10.1.